The maximum absolute atomic E-state index is 14.5. The number of unbranched alkanes of at least 4 members (excludes halogenated alkanes) is 5. The van der Waals surface area contributed by atoms with Gasteiger partial charge in [-0.1, -0.05) is 80.8 Å². The van der Waals surface area contributed by atoms with Gasteiger partial charge in [0.25, 0.3) is 0 Å². The number of hydrogen-bond acceptors (Lipinski definition) is 12. The van der Waals surface area contributed by atoms with Crippen molar-refractivity contribution in [2.24, 2.45) is 34.5 Å². The second kappa shape index (κ2) is 19.0. The van der Waals surface area contributed by atoms with Crippen LogP contribution in [-0.2, 0) is 33.2 Å². The Morgan fingerprint density at radius 1 is 0.852 bits per heavy atom. The average molecular weight is 850 g/mol. The Kier molecular flexibility index (Phi) is 14.4. The van der Waals surface area contributed by atoms with Crippen LogP contribution in [0.15, 0.2) is 66.8 Å². The first kappa shape index (κ1) is 46.1. The van der Waals surface area contributed by atoms with Gasteiger partial charge >= 0.3 is 11.9 Å². The van der Waals surface area contributed by atoms with Crippen molar-refractivity contribution in [2.75, 3.05) is 48.6 Å². The summed E-state index contributed by atoms with van der Waals surface area (Å²) >= 11 is 0. The molecule has 2 unspecified atom stereocenters. The SMILES string of the molecule is CC/C=C\C/C=C\C/C=C\CCCCCCCC(=O)O[C@]12C(O)[C@H](OC)[C@]3(O)C[C@H]([C@@H]1[C@H]3OC(=O)c1ccccc1)[C@@]13[C@@H](OC)CC(O)[C@@]4(COC)CN(C)[C@@H]1[C@@H]2[C@H](OC)[C@H]43. The van der Waals surface area contributed by atoms with Crippen LogP contribution in [0.2, 0.25) is 0 Å². The molecule has 0 radical (unpaired) electrons. The Balaban J connectivity index is 1.18. The fourth-order valence-electron chi connectivity index (χ4n) is 14.1. The van der Waals surface area contributed by atoms with Crippen LogP contribution in [0.4, 0.5) is 0 Å². The molecule has 7 bridgehead atoms. The van der Waals surface area contributed by atoms with Crippen molar-refractivity contribution in [2.45, 2.75) is 138 Å². The molecule has 1 aromatic rings. The van der Waals surface area contributed by atoms with E-state index in [0.717, 1.165) is 51.4 Å². The van der Waals surface area contributed by atoms with Gasteiger partial charge in [-0.2, -0.15) is 0 Å². The van der Waals surface area contributed by atoms with Crippen LogP contribution in [0.3, 0.4) is 0 Å². The molecule has 1 saturated heterocycles. The quantitative estimate of drug-likeness (QED) is 0.0776. The van der Waals surface area contributed by atoms with E-state index in [1.165, 1.54) is 7.11 Å². The molecule has 15 atom stereocenters. The van der Waals surface area contributed by atoms with Gasteiger partial charge in [-0.25, -0.2) is 4.79 Å². The molecule has 12 heteroatoms. The van der Waals surface area contributed by atoms with Gasteiger partial charge in [0.15, 0.2) is 5.60 Å². The summed E-state index contributed by atoms with van der Waals surface area (Å²) in [5, 5.41) is 38.1. The smallest absolute Gasteiger partial charge is 0.338 e. The maximum Gasteiger partial charge on any atom is 0.338 e. The number of aliphatic hydroxyl groups is 3. The van der Waals surface area contributed by atoms with Gasteiger partial charge in [0.05, 0.1) is 30.5 Å². The van der Waals surface area contributed by atoms with Crippen LogP contribution in [0.1, 0.15) is 94.3 Å². The van der Waals surface area contributed by atoms with E-state index in [0.29, 0.717) is 24.9 Å². The third-order valence-corrected chi connectivity index (χ3v) is 15.9. The second-order valence-corrected chi connectivity index (χ2v) is 18.8. The summed E-state index contributed by atoms with van der Waals surface area (Å²) in [5.41, 5.74) is -4.88. The van der Waals surface area contributed by atoms with Gasteiger partial charge in [-0.05, 0) is 70.0 Å². The molecule has 3 N–H and O–H groups in total. The number of esters is 2. The van der Waals surface area contributed by atoms with Crippen LogP contribution >= 0.6 is 0 Å². The summed E-state index contributed by atoms with van der Waals surface area (Å²) in [6, 6.07) is 8.25. The Morgan fingerprint density at radius 2 is 1.54 bits per heavy atom. The van der Waals surface area contributed by atoms with E-state index in [1.807, 2.05) is 13.1 Å². The van der Waals surface area contributed by atoms with Crippen molar-refractivity contribution >= 4 is 11.9 Å². The fraction of sp³-hybridized carbons (Fsp3) is 0.714. The standard InChI is InChI=1S/C49H71NO11/c1-7-8-9-10-11-12-13-14-15-16-17-18-19-20-24-27-36(52)61-49-37-33(29-47(55,44(59-6)42(49)53)43(37)60-45(54)32-25-22-21-23-26-32)48-35(57-4)28-34(51)46(31-56-3)30-50(2)41(48)38(49)39(58-5)40(46)48/h8-9,11-12,14-15,21-23,25-26,33-35,37-44,51,53,55H,7,10,13,16-20,24,27-31H2,1-6H3/b9-8-,12-11-,15-14-/t33-,34?,35+,37-,38+,39+,40-,41-,42?,43-,44+,46+,47+,48+,49-/m1/s1. The minimum absolute atomic E-state index is 0.0742. The van der Waals surface area contributed by atoms with Gasteiger partial charge in [0.2, 0.25) is 0 Å². The van der Waals surface area contributed by atoms with E-state index < -0.39 is 94.3 Å². The van der Waals surface area contributed by atoms with Crippen LogP contribution in [-0.4, -0.2) is 135 Å². The summed E-state index contributed by atoms with van der Waals surface area (Å²) in [7, 11) is 8.36. The molecule has 6 aliphatic rings. The largest absolute Gasteiger partial charge is 0.455 e. The number of fused-ring (bicyclic) bond motifs is 2. The van der Waals surface area contributed by atoms with Crippen LogP contribution < -0.4 is 0 Å². The molecular formula is C49H71NO11. The number of piperidine rings is 1. The van der Waals surface area contributed by atoms with Gasteiger partial charge in [-0.15, -0.1) is 0 Å². The highest BCUT2D eigenvalue weighted by Gasteiger charge is 2.92. The molecular weight excluding hydrogens is 779 g/mol. The second-order valence-electron chi connectivity index (χ2n) is 18.8. The maximum atomic E-state index is 14.5. The predicted octanol–water partition coefficient (Wildman–Crippen LogP) is 5.83. The molecule has 0 aromatic heterocycles. The molecule has 12 nitrogen and oxygen atoms in total. The van der Waals surface area contributed by atoms with Crippen molar-refractivity contribution in [3.8, 4) is 0 Å². The fourth-order valence-corrected chi connectivity index (χ4v) is 14.1. The molecule has 61 heavy (non-hydrogen) atoms. The summed E-state index contributed by atoms with van der Waals surface area (Å²) in [6.45, 7) is 2.84. The normalized spacial score (nSPS) is 41.0. The lowest BCUT2D eigenvalue weighted by Gasteiger charge is -2.70. The number of nitrogens with zero attached hydrogens (tertiary/aromatic N) is 1. The van der Waals surface area contributed by atoms with Gasteiger partial charge in [0.1, 0.15) is 23.9 Å². The van der Waals surface area contributed by atoms with Crippen molar-refractivity contribution in [1.82, 2.24) is 4.90 Å². The van der Waals surface area contributed by atoms with E-state index in [4.69, 9.17) is 28.4 Å². The molecule has 5 aliphatic carbocycles. The first-order valence-electron chi connectivity index (χ1n) is 22.8. The Morgan fingerprint density at radius 3 is 2.21 bits per heavy atom. The summed E-state index contributed by atoms with van der Waals surface area (Å²) in [5.74, 6) is -3.56. The molecule has 7 rings (SSSR count). The minimum atomic E-state index is -1.85. The minimum Gasteiger partial charge on any atom is -0.455 e. The van der Waals surface area contributed by atoms with Gasteiger partial charge in [-0.3, -0.25) is 4.79 Å². The molecule has 0 amide bonds. The van der Waals surface area contributed by atoms with Crippen LogP contribution in [0.5, 0.6) is 0 Å². The van der Waals surface area contributed by atoms with E-state index in [1.54, 1.807) is 45.6 Å². The summed E-state index contributed by atoms with van der Waals surface area (Å²) in [4.78, 5) is 30.8. The van der Waals surface area contributed by atoms with Crippen LogP contribution in [0, 0.1) is 34.5 Å². The van der Waals surface area contributed by atoms with E-state index in [-0.39, 0.29) is 25.5 Å². The number of hydrogen-bond donors (Lipinski definition) is 3. The first-order valence-corrected chi connectivity index (χ1v) is 22.8. The lowest BCUT2D eigenvalue weighted by Crippen LogP contribution is -2.81. The highest BCUT2D eigenvalue weighted by atomic mass is 16.6. The highest BCUT2D eigenvalue weighted by molar-refractivity contribution is 5.89. The zero-order valence-electron chi connectivity index (χ0n) is 37.2. The molecule has 1 aromatic carbocycles. The third kappa shape index (κ3) is 7.38. The Bertz CT molecular complexity index is 1750. The van der Waals surface area contributed by atoms with Crippen LogP contribution in [0.25, 0.3) is 0 Å². The predicted molar refractivity (Wildman–Crippen MR) is 229 cm³/mol. The number of rotatable bonds is 21. The molecule has 1 heterocycles. The van der Waals surface area contributed by atoms with Crippen molar-refractivity contribution in [3.05, 3.63) is 72.4 Å². The van der Waals surface area contributed by atoms with Crippen molar-refractivity contribution in [1.29, 1.82) is 0 Å². The number of aliphatic hydroxyl groups excluding tert-OH is 2. The number of benzene rings is 1. The zero-order chi connectivity index (χ0) is 43.6. The Hall–Kier alpha value is -2.94. The topological polar surface area (TPSA) is 153 Å². The molecule has 6 fully saturated rings. The molecule has 1 spiro atoms. The van der Waals surface area contributed by atoms with E-state index in [9.17, 15) is 24.9 Å². The lowest BCUT2D eigenvalue weighted by molar-refractivity contribution is -0.321. The average Bonchev–Trinajstić information content (AvgIpc) is 3.64. The molecule has 5 saturated carbocycles. The van der Waals surface area contributed by atoms with Crippen molar-refractivity contribution < 1.29 is 53.3 Å². The zero-order valence-corrected chi connectivity index (χ0v) is 37.2. The number of carbonyl (C=O) groups is 2. The highest BCUT2D eigenvalue weighted by Crippen LogP contribution is 2.80. The summed E-state index contributed by atoms with van der Waals surface area (Å²) < 4.78 is 38.4. The molecule has 338 valence electrons. The van der Waals surface area contributed by atoms with E-state index in [2.05, 4.69) is 48.3 Å². The third-order valence-electron chi connectivity index (χ3n) is 15.9. The van der Waals surface area contributed by atoms with Gasteiger partial charge < -0.3 is 48.6 Å². The summed E-state index contributed by atoms with van der Waals surface area (Å²) in [6.07, 6.45) is 16.3. The monoisotopic (exact) mass is 850 g/mol. The van der Waals surface area contributed by atoms with Crippen molar-refractivity contribution in [3.63, 3.8) is 0 Å². The number of allylic oxidation sites excluding steroid dienone is 6. The Labute approximate surface area is 362 Å². The lowest BCUT2D eigenvalue weighted by atomic mass is 9.42. The first-order chi connectivity index (χ1) is 29.5. The number of methoxy groups -OCH3 is 4. The number of ether oxygens (including phenoxy) is 6. The van der Waals surface area contributed by atoms with Gasteiger partial charge in [0, 0.05) is 82.5 Å². The number of carbonyl (C=O) groups excluding carboxylic acids is 2. The number of likely N-dealkylation sites (tertiary alicyclic amines) is 1. The molecule has 1 aliphatic heterocycles. The van der Waals surface area contributed by atoms with E-state index >= 15 is 0 Å².